The molecule has 180 valence electrons. The van der Waals surface area contributed by atoms with Gasteiger partial charge in [-0.3, -0.25) is 4.79 Å². The van der Waals surface area contributed by atoms with Gasteiger partial charge in [-0.2, -0.15) is 12.6 Å². The number of aromatic nitrogens is 1. The number of anilines is 1. The molecule has 0 aliphatic heterocycles. The highest BCUT2D eigenvalue weighted by atomic mass is 32.1. The van der Waals surface area contributed by atoms with Gasteiger partial charge in [0.05, 0.1) is 11.4 Å². The Morgan fingerprint density at radius 2 is 1.74 bits per heavy atom. The minimum atomic E-state index is -0.688. The van der Waals surface area contributed by atoms with Crippen LogP contribution in [0.2, 0.25) is 0 Å². The molecular formula is C27H34N4O2S. The Labute approximate surface area is 207 Å². The maximum atomic E-state index is 12.6. The molecule has 1 amide bonds. The van der Waals surface area contributed by atoms with Gasteiger partial charge >= 0.3 is 0 Å². The number of carbonyl (C=O) groups is 1. The van der Waals surface area contributed by atoms with E-state index in [2.05, 4.69) is 40.4 Å². The molecule has 4 N–H and O–H groups in total. The van der Waals surface area contributed by atoms with Crippen molar-refractivity contribution in [3.05, 3.63) is 78.4 Å². The van der Waals surface area contributed by atoms with Crippen LogP contribution in [0.5, 0.6) is 5.88 Å². The van der Waals surface area contributed by atoms with Gasteiger partial charge in [0.15, 0.2) is 6.10 Å². The largest absolute Gasteiger partial charge is 0.463 e. The van der Waals surface area contributed by atoms with Crippen LogP contribution in [-0.4, -0.2) is 41.9 Å². The number of nitrogens with zero attached hydrogens (tertiary/aromatic N) is 1. The van der Waals surface area contributed by atoms with Crippen molar-refractivity contribution < 1.29 is 9.53 Å². The van der Waals surface area contributed by atoms with Gasteiger partial charge in [0.1, 0.15) is 0 Å². The Bertz CT molecular complexity index is 1020. The molecule has 0 bridgehead atoms. The number of benzene rings is 2. The molecule has 2 atom stereocenters. The Kier molecular flexibility index (Phi) is 10.3. The Hall–Kier alpha value is -3.03. The summed E-state index contributed by atoms with van der Waals surface area (Å²) in [7, 11) is 0. The number of amides is 1. The molecule has 1 unspecified atom stereocenters. The molecule has 0 aliphatic carbocycles. The third kappa shape index (κ3) is 8.08. The molecule has 0 fully saturated rings. The summed E-state index contributed by atoms with van der Waals surface area (Å²) in [6.07, 6.45) is 2.23. The average molecular weight is 479 g/mol. The molecule has 34 heavy (non-hydrogen) atoms. The maximum Gasteiger partial charge on any atom is 0.260 e. The van der Waals surface area contributed by atoms with E-state index in [1.54, 1.807) is 6.92 Å². The summed E-state index contributed by atoms with van der Waals surface area (Å²) < 4.78 is 6.02. The predicted molar refractivity (Wildman–Crippen MR) is 142 cm³/mol. The van der Waals surface area contributed by atoms with E-state index in [9.17, 15) is 4.79 Å². The second-order valence-corrected chi connectivity index (χ2v) is 8.60. The van der Waals surface area contributed by atoms with E-state index < -0.39 is 6.10 Å². The quantitative estimate of drug-likeness (QED) is 0.217. The van der Waals surface area contributed by atoms with Crippen molar-refractivity contribution in [2.45, 2.75) is 38.3 Å². The van der Waals surface area contributed by atoms with Gasteiger partial charge in [-0.15, -0.1) is 0 Å². The first-order valence-corrected chi connectivity index (χ1v) is 12.3. The van der Waals surface area contributed by atoms with Crippen molar-refractivity contribution in [3.63, 3.8) is 0 Å². The molecule has 2 aromatic carbocycles. The number of pyridine rings is 1. The van der Waals surface area contributed by atoms with E-state index in [-0.39, 0.29) is 11.9 Å². The molecule has 7 heteroatoms. The minimum absolute atomic E-state index is 0.110. The lowest BCUT2D eigenvalue weighted by Crippen LogP contribution is -2.37. The van der Waals surface area contributed by atoms with E-state index in [4.69, 9.17) is 10.5 Å². The van der Waals surface area contributed by atoms with E-state index >= 15 is 0 Å². The molecule has 0 saturated heterocycles. The van der Waals surface area contributed by atoms with Crippen molar-refractivity contribution in [3.8, 4) is 17.1 Å². The number of aryl methyl sites for hydroxylation is 1. The van der Waals surface area contributed by atoms with Crippen molar-refractivity contribution in [2.24, 2.45) is 5.73 Å². The number of carbonyl (C=O) groups excluding carboxylic acids is 1. The number of hydrogen-bond donors (Lipinski definition) is 4. The van der Waals surface area contributed by atoms with Crippen molar-refractivity contribution in [1.29, 1.82) is 0 Å². The molecule has 0 radical (unpaired) electrons. The first-order chi connectivity index (χ1) is 16.6. The zero-order valence-electron chi connectivity index (χ0n) is 19.6. The van der Waals surface area contributed by atoms with Crippen LogP contribution in [0.25, 0.3) is 11.3 Å². The molecule has 0 aliphatic rings. The normalized spacial score (nSPS) is 12.6. The van der Waals surface area contributed by atoms with Crippen molar-refractivity contribution in [2.75, 3.05) is 24.2 Å². The lowest BCUT2D eigenvalue weighted by atomic mass is 10.1. The van der Waals surface area contributed by atoms with Crippen LogP contribution < -0.4 is 21.1 Å². The van der Waals surface area contributed by atoms with Gasteiger partial charge < -0.3 is 21.1 Å². The van der Waals surface area contributed by atoms with Gasteiger partial charge in [0, 0.05) is 30.4 Å². The molecule has 0 saturated carbocycles. The van der Waals surface area contributed by atoms with E-state index in [0.717, 1.165) is 30.5 Å². The van der Waals surface area contributed by atoms with E-state index in [1.165, 1.54) is 5.56 Å². The first-order valence-electron chi connectivity index (χ1n) is 11.7. The fraction of sp³-hybridized carbons (Fsp3) is 0.333. The fourth-order valence-electron chi connectivity index (χ4n) is 3.42. The highest BCUT2D eigenvalue weighted by Gasteiger charge is 2.18. The van der Waals surface area contributed by atoms with Crippen molar-refractivity contribution in [1.82, 2.24) is 10.3 Å². The topological polar surface area (TPSA) is 89.3 Å². The van der Waals surface area contributed by atoms with Crippen LogP contribution in [0.3, 0.4) is 0 Å². The first kappa shape index (κ1) is 25.6. The molecule has 1 heterocycles. The Morgan fingerprint density at radius 3 is 2.44 bits per heavy atom. The van der Waals surface area contributed by atoms with Crippen LogP contribution in [0.15, 0.2) is 72.8 Å². The summed E-state index contributed by atoms with van der Waals surface area (Å²) in [5.41, 5.74) is 9.75. The van der Waals surface area contributed by atoms with Gasteiger partial charge in [-0.25, -0.2) is 4.98 Å². The standard InChI is InChI=1S/C27H34N4O2S/c1-20(26(32)29-17-9-8-12-21-10-4-2-5-11-21)33-27-25(30-18-23(28)19-34)16-15-24(31-27)22-13-6-3-7-14-22/h2-7,10-11,13-16,20,23,30,34H,8-9,12,17-19,28H2,1H3,(H,29,32)/t20-,23?/m1/s1. The number of ether oxygens (including phenoxy) is 1. The van der Waals surface area contributed by atoms with Crippen LogP contribution in [0.1, 0.15) is 25.3 Å². The zero-order valence-corrected chi connectivity index (χ0v) is 20.5. The molecule has 3 rings (SSSR count). The van der Waals surface area contributed by atoms with Crippen LogP contribution in [0, 0.1) is 0 Å². The smallest absolute Gasteiger partial charge is 0.260 e. The maximum absolute atomic E-state index is 12.6. The summed E-state index contributed by atoms with van der Waals surface area (Å²) in [6.45, 7) is 2.87. The van der Waals surface area contributed by atoms with Gasteiger partial charge in [-0.05, 0) is 43.9 Å². The fourth-order valence-corrected chi connectivity index (χ4v) is 3.54. The lowest BCUT2D eigenvalue weighted by molar-refractivity contribution is -0.127. The molecule has 1 aromatic heterocycles. The summed E-state index contributed by atoms with van der Waals surface area (Å²) >= 11 is 4.24. The number of nitrogens with two attached hydrogens (primary N) is 1. The monoisotopic (exact) mass is 478 g/mol. The number of unbranched alkanes of at least 4 members (excludes halogenated alkanes) is 1. The molecule has 6 nitrogen and oxygen atoms in total. The highest BCUT2D eigenvalue weighted by molar-refractivity contribution is 7.80. The molecule has 0 spiro atoms. The van der Waals surface area contributed by atoms with Crippen LogP contribution >= 0.6 is 12.6 Å². The SMILES string of the molecule is C[C@@H](Oc1nc(-c2ccccc2)ccc1NCC(N)CS)C(=O)NCCCCc1ccccc1. The van der Waals surface area contributed by atoms with E-state index in [0.29, 0.717) is 30.4 Å². The van der Waals surface area contributed by atoms with Crippen molar-refractivity contribution >= 4 is 24.2 Å². The van der Waals surface area contributed by atoms with Crippen LogP contribution in [0.4, 0.5) is 5.69 Å². The Morgan fingerprint density at radius 1 is 1.03 bits per heavy atom. The van der Waals surface area contributed by atoms with Gasteiger partial charge in [0.25, 0.3) is 5.91 Å². The predicted octanol–water partition coefficient (Wildman–Crippen LogP) is 4.32. The summed E-state index contributed by atoms with van der Waals surface area (Å²) in [5.74, 6) is 0.769. The summed E-state index contributed by atoms with van der Waals surface area (Å²) in [4.78, 5) is 17.3. The third-order valence-electron chi connectivity index (χ3n) is 5.41. The second kappa shape index (κ2) is 13.6. The summed E-state index contributed by atoms with van der Waals surface area (Å²) in [6, 6.07) is 23.9. The Balaban J connectivity index is 1.58. The number of thiol groups is 1. The third-order valence-corrected chi connectivity index (χ3v) is 5.88. The lowest BCUT2D eigenvalue weighted by Gasteiger charge is -2.19. The number of nitrogens with one attached hydrogen (secondary N) is 2. The summed E-state index contributed by atoms with van der Waals surface area (Å²) in [5, 5.41) is 6.24. The van der Waals surface area contributed by atoms with E-state index in [1.807, 2.05) is 60.7 Å². The van der Waals surface area contributed by atoms with Gasteiger partial charge in [0.2, 0.25) is 5.88 Å². The number of hydrogen-bond acceptors (Lipinski definition) is 6. The van der Waals surface area contributed by atoms with Crippen LogP contribution in [-0.2, 0) is 11.2 Å². The molecule has 3 aromatic rings. The number of rotatable bonds is 13. The minimum Gasteiger partial charge on any atom is -0.463 e. The zero-order chi connectivity index (χ0) is 24.2. The average Bonchev–Trinajstić information content (AvgIpc) is 2.88. The molecular weight excluding hydrogens is 444 g/mol. The second-order valence-electron chi connectivity index (χ2n) is 8.23. The highest BCUT2D eigenvalue weighted by Crippen LogP contribution is 2.28. The van der Waals surface area contributed by atoms with Gasteiger partial charge in [-0.1, -0.05) is 60.7 Å².